The Bertz CT molecular complexity index is 947. The zero-order chi connectivity index (χ0) is 20.5. The third-order valence-corrected chi connectivity index (χ3v) is 5.86. The molecule has 0 aliphatic carbocycles. The summed E-state index contributed by atoms with van der Waals surface area (Å²) in [6.45, 7) is 2.93. The van der Waals surface area contributed by atoms with Crippen molar-refractivity contribution in [3.63, 3.8) is 0 Å². The number of fused-ring (bicyclic) bond motifs is 4. The molecule has 2 aromatic heterocycles. The van der Waals surface area contributed by atoms with Crippen molar-refractivity contribution in [1.29, 1.82) is 0 Å². The van der Waals surface area contributed by atoms with Crippen LogP contribution in [0.1, 0.15) is 29.8 Å². The van der Waals surface area contributed by atoms with E-state index in [1.807, 2.05) is 12.1 Å². The van der Waals surface area contributed by atoms with E-state index >= 15 is 0 Å². The van der Waals surface area contributed by atoms with Crippen LogP contribution in [0.2, 0.25) is 0 Å². The Hall–Kier alpha value is -3.20. The molecule has 5 rings (SSSR count). The van der Waals surface area contributed by atoms with E-state index in [1.165, 1.54) is 0 Å². The Balaban J connectivity index is 1.41. The quantitative estimate of drug-likeness (QED) is 0.806. The minimum Gasteiger partial charge on any atom is -0.381 e. The van der Waals surface area contributed by atoms with Gasteiger partial charge in [-0.05, 0) is 43.5 Å². The lowest BCUT2D eigenvalue weighted by Gasteiger charge is -2.35. The topological polar surface area (TPSA) is 99.7 Å². The Morgan fingerprint density at radius 1 is 1.10 bits per heavy atom. The number of carbonyl (C=O) groups is 2. The van der Waals surface area contributed by atoms with Crippen LogP contribution in [0, 0.1) is 0 Å². The van der Waals surface area contributed by atoms with Gasteiger partial charge in [0.25, 0.3) is 5.91 Å². The van der Waals surface area contributed by atoms with Crippen molar-refractivity contribution < 1.29 is 14.3 Å². The smallest absolute Gasteiger partial charge is 0.329 e. The van der Waals surface area contributed by atoms with E-state index in [2.05, 4.69) is 25.5 Å². The van der Waals surface area contributed by atoms with Crippen LogP contribution in [-0.4, -0.2) is 60.3 Å². The zero-order valence-corrected chi connectivity index (χ0v) is 16.6. The SMILES string of the molecule is O=C(NC1CCOCC1)c1ccc2c(n1)N(C(=O)Nc1ccccn1)[C@H]1CCN2C1. The number of carbonyl (C=O) groups excluding carboxylic acids is 2. The van der Waals surface area contributed by atoms with Crippen LogP contribution in [-0.2, 0) is 4.74 Å². The van der Waals surface area contributed by atoms with Gasteiger partial charge in [0.2, 0.25) is 0 Å². The van der Waals surface area contributed by atoms with Gasteiger partial charge < -0.3 is 15.0 Å². The molecule has 1 atom stereocenters. The number of ether oxygens (including phenoxy) is 1. The molecule has 0 radical (unpaired) electrons. The van der Waals surface area contributed by atoms with Crippen LogP contribution < -0.4 is 20.4 Å². The van der Waals surface area contributed by atoms with E-state index in [1.54, 1.807) is 29.3 Å². The fourth-order valence-corrected chi connectivity index (χ4v) is 4.31. The van der Waals surface area contributed by atoms with E-state index in [0.29, 0.717) is 30.5 Å². The van der Waals surface area contributed by atoms with Gasteiger partial charge in [-0.2, -0.15) is 0 Å². The zero-order valence-electron chi connectivity index (χ0n) is 16.6. The molecule has 2 saturated heterocycles. The third-order valence-electron chi connectivity index (χ3n) is 5.86. The maximum absolute atomic E-state index is 13.1. The molecular formula is C21H24N6O3. The summed E-state index contributed by atoms with van der Waals surface area (Å²) in [4.78, 5) is 38.6. The van der Waals surface area contributed by atoms with Gasteiger partial charge in [0.05, 0.1) is 11.7 Å². The fraction of sp³-hybridized carbons (Fsp3) is 0.429. The third kappa shape index (κ3) is 3.56. The van der Waals surface area contributed by atoms with Crippen molar-refractivity contribution in [3.8, 4) is 0 Å². The van der Waals surface area contributed by atoms with E-state index in [-0.39, 0.29) is 24.0 Å². The van der Waals surface area contributed by atoms with E-state index in [9.17, 15) is 9.59 Å². The maximum atomic E-state index is 13.1. The number of hydrogen-bond acceptors (Lipinski definition) is 6. The standard InChI is InChI=1S/C21H24N6O3/c28-20(23-14-7-11-30-12-8-14)16-4-5-17-19(24-16)27(15-6-10-26(17)13-15)21(29)25-18-3-1-2-9-22-18/h1-5,9,14-15H,6-8,10-13H2,(H,23,28)(H,22,25,29)/t15-/m0/s1. The van der Waals surface area contributed by atoms with Crippen molar-refractivity contribution in [2.75, 3.05) is 41.4 Å². The molecular weight excluding hydrogens is 384 g/mol. The summed E-state index contributed by atoms with van der Waals surface area (Å²) in [5, 5.41) is 5.89. The number of aromatic nitrogens is 2. The molecule has 2 aromatic rings. The predicted octanol–water partition coefficient (Wildman–Crippen LogP) is 2.02. The number of nitrogens with zero attached hydrogens (tertiary/aromatic N) is 4. The first-order valence-corrected chi connectivity index (χ1v) is 10.3. The molecule has 156 valence electrons. The summed E-state index contributed by atoms with van der Waals surface area (Å²) in [5.41, 5.74) is 1.20. The summed E-state index contributed by atoms with van der Waals surface area (Å²) >= 11 is 0. The number of rotatable bonds is 3. The number of nitrogens with one attached hydrogen (secondary N) is 2. The van der Waals surface area contributed by atoms with Gasteiger partial charge in [0, 0.05) is 38.5 Å². The summed E-state index contributed by atoms with van der Waals surface area (Å²) in [5.74, 6) is 0.789. The van der Waals surface area contributed by atoms with Gasteiger partial charge in [0.15, 0.2) is 5.82 Å². The Morgan fingerprint density at radius 2 is 1.97 bits per heavy atom. The second-order valence-electron chi connectivity index (χ2n) is 7.80. The summed E-state index contributed by atoms with van der Waals surface area (Å²) in [6, 6.07) is 8.82. The Labute approximate surface area is 174 Å². The lowest BCUT2D eigenvalue weighted by molar-refractivity contribution is 0.0694. The highest BCUT2D eigenvalue weighted by Gasteiger charge is 2.40. The first-order chi connectivity index (χ1) is 14.7. The first-order valence-electron chi connectivity index (χ1n) is 10.3. The average Bonchev–Trinajstić information content (AvgIpc) is 3.19. The summed E-state index contributed by atoms with van der Waals surface area (Å²) in [6.07, 6.45) is 4.08. The second kappa shape index (κ2) is 7.91. The monoisotopic (exact) mass is 408 g/mol. The number of amides is 3. The lowest BCUT2D eigenvalue weighted by Crippen LogP contribution is -2.48. The average molecular weight is 408 g/mol. The van der Waals surface area contributed by atoms with Gasteiger partial charge >= 0.3 is 6.03 Å². The van der Waals surface area contributed by atoms with Gasteiger partial charge in [-0.15, -0.1) is 0 Å². The lowest BCUT2D eigenvalue weighted by atomic mass is 10.1. The van der Waals surface area contributed by atoms with E-state index in [0.717, 1.165) is 38.0 Å². The molecule has 0 spiro atoms. The van der Waals surface area contributed by atoms with Gasteiger partial charge in [0.1, 0.15) is 11.5 Å². The van der Waals surface area contributed by atoms with Crippen molar-refractivity contribution in [1.82, 2.24) is 15.3 Å². The van der Waals surface area contributed by atoms with Gasteiger partial charge in [-0.25, -0.2) is 14.8 Å². The molecule has 3 aliphatic heterocycles. The van der Waals surface area contributed by atoms with Crippen LogP contribution in [0.4, 0.5) is 22.1 Å². The molecule has 0 unspecified atom stereocenters. The van der Waals surface area contributed by atoms with Crippen LogP contribution in [0.15, 0.2) is 36.5 Å². The minimum absolute atomic E-state index is 0.0162. The molecule has 2 N–H and O–H groups in total. The van der Waals surface area contributed by atoms with Gasteiger partial charge in [-0.3, -0.25) is 15.0 Å². The maximum Gasteiger partial charge on any atom is 0.329 e. The van der Waals surface area contributed by atoms with Crippen LogP contribution in [0.3, 0.4) is 0 Å². The summed E-state index contributed by atoms with van der Waals surface area (Å²) in [7, 11) is 0. The van der Waals surface area contributed by atoms with Crippen LogP contribution in [0.5, 0.6) is 0 Å². The van der Waals surface area contributed by atoms with E-state index < -0.39 is 0 Å². The van der Waals surface area contributed by atoms with Crippen molar-refractivity contribution >= 4 is 29.3 Å². The minimum atomic E-state index is -0.281. The second-order valence-corrected chi connectivity index (χ2v) is 7.80. The van der Waals surface area contributed by atoms with Crippen molar-refractivity contribution in [2.45, 2.75) is 31.3 Å². The molecule has 3 amide bonds. The number of urea groups is 1. The Morgan fingerprint density at radius 3 is 2.77 bits per heavy atom. The summed E-state index contributed by atoms with van der Waals surface area (Å²) < 4.78 is 5.35. The highest BCUT2D eigenvalue weighted by molar-refractivity contribution is 6.05. The molecule has 9 nitrogen and oxygen atoms in total. The number of hydrogen-bond donors (Lipinski definition) is 2. The predicted molar refractivity (Wildman–Crippen MR) is 112 cm³/mol. The number of pyridine rings is 2. The highest BCUT2D eigenvalue weighted by atomic mass is 16.5. The molecule has 9 heteroatoms. The normalized spacial score (nSPS) is 20.6. The molecule has 5 heterocycles. The number of anilines is 3. The Kier molecular flexibility index (Phi) is 4.96. The van der Waals surface area contributed by atoms with Gasteiger partial charge in [-0.1, -0.05) is 6.07 Å². The molecule has 2 bridgehead atoms. The molecule has 0 aromatic carbocycles. The molecule has 0 saturated carbocycles. The van der Waals surface area contributed by atoms with E-state index in [4.69, 9.17) is 4.74 Å². The molecule has 30 heavy (non-hydrogen) atoms. The molecule has 2 fully saturated rings. The fourth-order valence-electron chi connectivity index (χ4n) is 4.31. The van der Waals surface area contributed by atoms with Crippen molar-refractivity contribution in [2.24, 2.45) is 0 Å². The van der Waals surface area contributed by atoms with Crippen LogP contribution >= 0.6 is 0 Å². The highest BCUT2D eigenvalue weighted by Crippen LogP contribution is 2.39. The molecule has 3 aliphatic rings. The largest absolute Gasteiger partial charge is 0.381 e. The van der Waals surface area contributed by atoms with Crippen molar-refractivity contribution in [3.05, 3.63) is 42.2 Å². The first kappa shape index (κ1) is 18.8. The van der Waals surface area contributed by atoms with Crippen LogP contribution in [0.25, 0.3) is 0 Å².